The second-order valence-corrected chi connectivity index (χ2v) is 11.5. The quantitative estimate of drug-likeness (QED) is 0.368. The number of nitrogens with zero attached hydrogens (tertiary/aromatic N) is 2. The number of thiazole rings is 1. The summed E-state index contributed by atoms with van der Waals surface area (Å²) in [5, 5.41) is 1.97. The van der Waals surface area contributed by atoms with E-state index in [0.717, 1.165) is 11.3 Å². The monoisotopic (exact) mass is 540 g/mol. The van der Waals surface area contributed by atoms with Gasteiger partial charge in [-0.3, -0.25) is 9.36 Å². The van der Waals surface area contributed by atoms with Crippen molar-refractivity contribution in [3.63, 3.8) is 0 Å². The Morgan fingerprint density at radius 3 is 2.62 bits per heavy atom. The molecule has 0 radical (unpaired) electrons. The number of methoxy groups -OCH3 is 1. The van der Waals surface area contributed by atoms with Crippen LogP contribution in [0.3, 0.4) is 0 Å². The zero-order valence-electron chi connectivity index (χ0n) is 21.9. The molecule has 3 heterocycles. The predicted octanol–water partition coefficient (Wildman–Crippen LogP) is 4.68. The standard InChI is InChI=1S/C28H32N2O5S2/c1-16(2)11-12-34-21-10-9-19(14-22(21)33-6)25-24(27(32)35-17(3)4)18(5)29-28-30(25)26(31)23(37-28)15-20-8-7-13-36-20/h7-10,13-17,25H,11-12H2,1-6H3. The number of aromatic nitrogens is 1. The van der Waals surface area contributed by atoms with Crippen molar-refractivity contribution in [1.82, 2.24) is 4.57 Å². The molecule has 1 atom stereocenters. The molecular formula is C28H32N2O5S2. The van der Waals surface area contributed by atoms with E-state index in [9.17, 15) is 9.59 Å². The molecule has 0 fully saturated rings. The van der Waals surface area contributed by atoms with Crippen molar-refractivity contribution < 1.29 is 19.0 Å². The molecule has 1 aliphatic rings. The smallest absolute Gasteiger partial charge is 0.338 e. The van der Waals surface area contributed by atoms with Gasteiger partial charge in [0.1, 0.15) is 0 Å². The maximum atomic E-state index is 13.7. The fourth-order valence-corrected chi connectivity index (χ4v) is 5.83. The lowest BCUT2D eigenvalue weighted by Gasteiger charge is -2.26. The normalized spacial score (nSPS) is 15.7. The fraction of sp³-hybridized carbons (Fsp3) is 0.393. The summed E-state index contributed by atoms with van der Waals surface area (Å²) in [6.45, 7) is 10.2. The minimum Gasteiger partial charge on any atom is -0.493 e. The average Bonchev–Trinajstić information content (AvgIpc) is 3.45. The minimum absolute atomic E-state index is 0.208. The third kappa shape index (κ3) is 5.88. The van der Waals surface area contributed by atoms with Crippen LogP contribution in [0.4, 0.5) is 0 Å². The van der Waals surface area contributed by atoms with E-state index in [1.54, 1.807) is 43.8 Å². The van der Waals surface area contributed by atoms with Crippen molar-refractivity contribution in [2.75, 3.05) is 13.7 Å². The van der Waals surface area contributed by atoms with Gasteiger partial charge in [-0.15, -0.1) is 11.3 Å². The molecule has 196 valence electrons. The first-order valence-electron chi connectivity index (χ1n) is 12.3. The molecule has 1 aliphatic heterocycles. The number of benzene rings is 1. The van der Waals surface area contributed by atoms with Crippen LogP contribution in [-0.4, -0.2) is 30.4 Å². The van der Waals surface area contributed by atoms with E-state index >= 15 is 0 Å². The van der Waals surface area contributed by atoms with Gasteiger partial charge in [-0.25, -0.2) is 9.79 Å². The van der Waals surface area contributed by atoms with Gasteiger partial charge in [0.2, 0.25) is 0 Å². The Morgan fingerprint density at radius 1 is 1.19 bits per heavy atom. The van der Waals surface area contributed by atoms with Crippen molar-refractivity contribution in [2.24, 2.45) is 10.9 Å². The maximum absolute atomic E-state index is 13.7. The molecule has 0 amide bonds. The first-order chi connectivity index (χ1) is 17.7. The van der Waals surface area contributed by atoms with Gasteiger partial charge < -0.3 is 14.2 Å². The third-order valence-corrected chi connectivity index (χ3v) is 7.66. The van der Waals surface area contributed by atoms with E-state index in [-0.39, 0.29) is 11.7 Å². The molecule has 3 aromatic rings. The molecule has 0 saturated heterocycles. The van der Waals surface area contributed by atoms with Crippen LogP contribution < -0.4 is 24.4 Å². The summed E-state index contributed by atoms with van der Waals surface area (Å²) < 4.78 is 19.3. The number of carbonyl (C=O) groups is 1. The number of hydrogen-bond acceptors (Lipinski definition) is 8. The van der Waals surface area contributed by atoms with Gasteiger partial charge in [-0.2, -0.15) is 0 Å². The van der Waals surface area contributed by atoms with Crippen LogP contribution in [0.1, 0.15) is 57.5 Å². The second kappa shape index (κ2) is 11.5. The van der Waals surface area contributed by atoms with Gasteiger partial charge in [-0.05, 0) is 68.3 Å². The topological polar surface area (TPSA) is 79.1 Å². The number of hydrogen-bond donors (Lipinski definition) is 0. The largest absolute Gasteiger partial charge is 0.493 e. The number of esters is 1. The number of thiophene rings is 1. The van der Waals surface area contributed by atoms with Crippen LogP contribution in [-0.2, 0) is 9.53 Å². The lowest BCUT2D eigenvalue weighted by Crippen LogP contribution is -2.40. The summed E-state index contributed by atoms with van der Waals surface area (Å²) in [5.41, 5.74) is 1.36. The minimum atomic E-state index is -0.716. The first-order valence-corrected chi connectivity index (χ1v) is 14.0. The molecule has 1 unspecified atom stereocenters. The Balaban J connectivity index is 1.86. The number of carbonyl (C=O) groups excluding carboxylic acids is 1. The highest BCUT2D eigenvalue weighted by atomic mass is 32.1. The zero-order chi connectivity index (χ0) is 26.7. The summed E-state index contributed by atoms with van der Waals surface area (Å²) in [5.74, 6) is 1.17. The van der Waals surface area contributed by atoms with E-state index < -0.39 is 12.0 Å². The van der Waals surface area contributed by atoms with E-state index in [4.69, 9.17) is 14.2 Å². The number of ether oxygens (including phenoxy) is 3. The van der Waals surface area contributed by atoms with Crippen LogP contribution >= 0.6 is 22.7 Å². The van der Waals surface area contributed by atoms with Crippen LogP contribution in [0.15, 0.2) is 56.8 Å². The zero-order valence-corrected chi connectivity index (χ0v) is 23.6. The molecule has 2 aromatic heterocycles. The Morgan fingerprint density at radius 2 is 1.97 bits per heavy atom. The number of rotatable bonds is 9. The molecule has 7 nitrogen and oxygen atoms in total. The number of allylic oxidation sites excluding steroid dienone is 1. The Hall–Kier alpha value is -3.17. The Bertz CT molecular complexity index is 1480. The van der Waals surface area contributed by atoms with E-state index in [2.05, 4.69) is 18.8 Å². The summed E-state index contributed by atoms with van der Waals surface area (Å²) >= 11 is 2.86. The van der Waals surface area contributed by atoms with Crippen molar-refractivity contribution in [3.05, 3.63) is 77.1 Å². The molecular weight excluding hydrogens is 508 g/mol. The van der Waals surface area contributed by atoms with Crippen LogP contribution in [0, 0.1) is 5.92 Å². The second-order valence-electron chi connectivity index (χ2n) is 9.49. The predicted molar refractivity (Wildman–Crippen MR) is 147 cm³/mol. The number of fused-ring (bicyclic) bond motifs is 1. The maximum Gasteiger partial charge on any atom is 0.338 e. The molecule has 0 saturated carbocycles. The molecule has 9 heteroatoms. The van der Waals surface area contributed by atoms with Crippen molar-refractivity contribution in [3.8, 4) is 11.5 Å². The molecule has 0 bridgehead atoms. The molecule has 37 heavy (non-hydrogen) atoms. The van der Waals surface area contributed by atoms with Gasteiger partial charge in [0.05, 0.1) is 41.7 Å². The third-order valence-electron chi connectivity index (χ3n) is 5.86. The highest BCUT2D eigenvalue weighted by Crippen LogP contribution is 2.36. The highest BCUT2D eigenvalue weighted by Gasteiger charge is 2.34. The van der Waals surface area contributed by atoms with E-state index in [1.807, 2.05) is 41.8 Å². The highest BCUT2D eigenvalue weighted by molar-refractivity contribution is 7.11. The average molecular weight is 541 g/mol. The van der Waals surface area contributed by atoms with Crippen LogP contribution in [0.25, 0.3) is 6.08 Å². The SMILES string of the molecule is COc1cc(C2C(C(=O)OC(C)C)=C(C)N=c3sc(=Cc4cccs4)c(=O)n32)ccc1OCCC(C)C. The molecule has 0 spiro atoms. The van der Waals surface area contributed by atoms with Crippen molar-refractivity contribution >= 4 is 34.7 Å². The van der Waals surface area contributed by atoms with Gasteiger partial charge in [0.15, 0.2) is 16.3 Å². The lowest BCUT2D eigenvalue weighted by molar-refractivity contribution is -0.143. The molecule has 0 aliphatic carbocycles. The molecule has 0 N–H and O–H groups in total. The Kier molecular flexibility index (Phi) is 8.34. The van der Waals surface area contributed by atoms with Gasteiger partial charge in [0, 0.05) is 4.88 Å². The van der Waals surface area contributed by atoms with Crippen molar-refractivity contribution in [2.45, 2.75) is 53.2 Å². The van der Waals surface area contributed by atoms with Crippen LogP contribution in [0.2, 0.25) is 0 Å². The summed E-state index contributed by atoms with van der Waals surface area (Å²) in [7, 11) is 1.58. The van der Waals surface area contributed by atoms with E-state index in [0.29, 0.717) is 50.2 Å². The summed E-state index contributed by atoms with van der Waals surface area (Å²) in [6, 6.07) is 8.71. The summed E-state index contributed by atoms with van der Waals surface area (Å²) in [6.07, 6.45) is 2.46. The van der Waals surface area contributed by atoms with Gasteiger partial charge in [-0.1, -0.05) is 37.3 Å². The van der Waals surface area contributed by atoms with Gasteiger partial charge >= 0.3 is 5.97 Å². The van der Waals surface area contributed by atoms with Crippen molar-refractivity contribution in [1.29, 1.82) is 0 Å². The fourth-order valence-electron chi connectivity index (χ4n) is 4.06. The first kappa shape index (κ1) is 26.9. The Labute approximate surface area is 224 Å². The van der Waals surface area contributed by atoms with E-state index in [1.165, 1.54) is 11.3 Å². The van der Waals surface area contributed by atoms with Gasteiger partial charge in [0.25, 0.3) is 5.56 Å². The molecule has 4 rings (SSSR count). The van der Waals surface area contributed by atoms with Crippen LogP contribution in [0.5, 0.6) is 11.5 Å². The summed E-state index contributed by atoms with van der Waals surface area (Å²) in [4.78, 5) is 33.2. The lowest BCUT2D eigenvalue weighted by atomic mass is 9.95. The molecule has 1 aromatic carbocycles.